The molecule has 0 radical (unpaired) electrons. The van der Waals surface area contributed by atoms with Crippen LogP contribution in [-0.4, -0.2) is 20.9 Å². The fourth-order valence-corrected chi connectivity index (χ4v) is 3.69. The Morgan fingerprint density at radius 3 is 2.33 bits per heavy atom. The first-order valence-electron chi connectivity index (χ1n) is 6.93. The van der Waals surface area contributed by atoms with E-state index in [0.29, 0.717) is 0 Å². The minimum absolute atomic E-state index is 0.948. The summed E-state index contributed by atoms with van der Waals surface area (Å²) in [5.41, 5.74) is 0. The maximum absolute atomic E-state index is 4.46. The number of thiol groups is 1. The van der Waals surface area contributed by atoms with Crippen molar-refractivity contribution in [3.63, 3.8) is 0 Å². The first-order chi connectivity index (χ1) is 8.86. The van der Waals surface area contributed by atoms with Crippen molar-refractivity contribution in [1.82, 2.24) is 9.36 Å². The van der Waals surface area contributed by atoms with E-state index >= 15 is 0 Å². The average Bonchev–Trinajstić information content (AvgIpc) is 2.85. The number of rotatable bonds is 11. The Bertz CT molecular complexity index is 302. The molecule has 1 heterocycles. The standard InChI is InChI=1S/C13H24N2S3/c1-2-12-14-13(18-15-12)17-11-9-7-5-3-4-6-8-10-16/h16H,2-11H2,1H3. The van der Waals surface area contributed by atoms with Crippen LogP contribution in [0.2, 0.25) is 0 Å². The second-order valence-corrected chi connectivity index (χ2v) is 6.92. The lowest BCUT2D eigenvalue weighted by Crippen LogP contribution is -1.84. The number of aryl methyl sites for hydroxylation is 1. The number of hydrogen-bond donors (Lipinski definition) is 1. The molecule has 0 atom stereocenters. The van der Waals surface area contributed by atoms with Gasteiger partial charge in [-0.25, -0.2) is 4.98 Å². The van der Waals surface area contributed by atoms with Gasteiger partial charge >= 0.3 is 0 Å². The molecule has 1 aromatic heterocycles. The second kappa shape index (κ2) is 11.1. The Labute approximate surface area is 125 Å². The van der Waals surface area contributed by atoms with Gasteiger partial charge in [-0.2, -0.15) is 17.0 Å². The zero-order chi connectivity index (χ0) is 13.1. The number of thioether (sulfide) groups is 1. The van der Waals surface area contributed by atoms with Crippen molar-refractivity contribution in [1.29, 1.82) is 0 Å². The van der Waals surface area contributed by atoms with Gasteiger partial charge in [-0.15, -0.1) is 0 Å². The van der Waals surface area contributed by atoms with Crippen LogP contribution in [0, 0.1) is 0 Å². The predicted molar refractivity (Wildman–Crippen MR) is 86.2 cm³/mol. The third-order valence-electron chi connectivity index (χ3n) is 2.79. The van der Waals surface area contributed by atoms with Gasteiger partial charge in [-0.05, 0) is 30.1 Å². The molecule has 0 N–H and O–H groups in total. The molecular formula is C13H24N2S3. The zero-order valence-electron chi connectivity index (χ0n) is 11.2. The highest BCUT2D eigenvalue weighted by molar-refractivity contribution is 8.00. The van der Waals surface area contributed by atoms with E-state index in [4.69, 9.17) is 0 Å². The van der Waals surface area contributed by atoms with Crippen LogP contribution < -0.4 is 0 Å². The summed E-state index contributed by atoms with van der Waals surface area (Å²) < 4.78 is 5.43. The van der Waals surface area contributed by atoms with E-state index in [1.54, 1.807) is 11.5 Å². The minimum atomic E-state index is 0.948. The minimum Gasteiger partial charge on any atom is -0.213 e. The van der Waals surface area contributed by atoms with E-state index in [2.05, 4.69) is 28.9 Å². The Kier molecular flexibility index (Phi) is 10.1. The molecule has 0 fully saturated rings. The molecule has 2 nitrogen and oxygen atoms in total. The molecule has 104 valence electrons. The van der Waals surface area contributed by atoms with Gasteiger partial charge in [0.1, 0.15) is 5.82 Å². The Morgan fingerprint density at radius 2 is 1.72 bits per heavy atom. The van der Waals surface area contributed by atoms with E-state index in [1.165, 1.54) is 50.7 Å². The third kappa shape index (κ3) is 7.64. The zero-order valence-corrected chi connectivity index (χ0v) is 13.8. The van der Waals surface area contributed by atoms with E-state index in [1.807, 2.05) is 11.8 Å². The summed E-state index contributed by atoms with van der Waals surface area (Å²) in [6.07, 6.45) is 10.4. The highest BCUT2D eigenvalue weighted by atomic mass is 32.2. The number of hydrogen-bond acceptors (Lipinski definition) is 5. The molecule has 0 amide bonds. The Balaban J connectivity index is 1.89. The van der Waals surface area contributed by atoms with Gasteiger partial charge in [0.05, 0.1) is 0 Å². The van der Waals surface area contributed by atoms with Crippen molar-refractivity contribution in [3.8, 4) is 0 Å². The molecule has 0 unspecified atom stereocenters. The summed E-state index contributed by atoms with van der Waals surface area (Å²) in [6.45, 7) is 2.10. The molecule has 0 saturated carbocycles. The largest absolute Gasteiger partial charge is 0.213 e. The predicted octanol–water partition coefficient (Wildman–Crippen LogP) is 4.85. The van der Waals surface area contributed by atoms with E-state index in [9.17, 15) is 0 Å². The van der Waals surface area contributed by atoms with Gasteiger partial charge in [0.25, 0.3) is 0 Å². The molecule has 0 aliphatic carbocycles. The maximum Gasteiger partial charge on any atom is 0.170 e. The molecule has 0 aliphatic heterocycles. The lowest BCUT2D eigenvalue weighted by molar-refractivity contribution is 0.605. The van der Waals surface area contributed by atoms with Crippen molar-refractivity contribution in [2.75, 3.05) is 11.5 Å². The molecule has 1 rings (SSSR count). The van der Waals surface area contributed by atoms with Gasteiger partial charge in [0.2, 0.25) is 0 Å². The van der Waals surface area contributed by atoms with E-state index in [0.717, 1.165) is 22.3 Å². The Morgan fingerprint density at radius 1 is 1.06 bits per heavy atom. The molecule has 5 heteroatoms. The number of nitrogens with zero attached hydrogens (tertiary/aromatic N) is 2. The molecule has 0 saturated heterocycles. The first kappa shape index (κ1) is 16.3. The van der Waals surface area contributed by atoms with Gasteiger partial charge in [-0.3, -0.25) is 0 Å². The molecule has 0 aromatic carbocycles. The number of unbranched alkanes of at least 4 members (excludes halogenated alkanes) is 6. The summed E-state index contributed by atoms with van der Waals surface area (Å²) in [6, 6.07) is 0. The summed E-state index contributed by atoms with van der Waals surface area (Å²) in [4.78, 5) is 4.46. The van der Waals surface area contributed by atoms with Crippen LogP contribution in [0.1, 0.15) is 57.7 Å². The van der Waals surface area contributed by atoms with Crippen molar-refractivity contribution in [3.05, 3.63) is 5.82 Å². The summed E-state index contributed by atoms with van der Waals surface area (Å²) in [7, 11) is 0. The van der Waals surface area contributed by atoms with Crippen LogP contribution in [-0.2, 0) is 6.42 Å². The quantitative estimate of drug-likeness (QED) is 0.359. The highest BCUT2D eigenvalue weighted by Crippen LogP contribution is 2.22. The molecule has 1 aromatic rings. The summed E-state index contributed by atoms with van der Waals surface area (Å²) in [5, 5.41) is 0. The molecular weight excluding hydrogens is 280 g/mol. The summed E-state index contributed by atoms with van der Waals surface area (Å²) in [5.74, 6) is 3.22. The van der Waals surface area contributed by atoms with Crippen molar-refractivity contribution < 1.29 is 0 Å². The van der Waals surface area contributed by atoms with E-state index in [-0.39, 0.29) is 0 Å². The lowest BCUT2D eigenvalue weighted by Gasteiger charge is -2.00. The molecule has 0 bridgehead atoms. The monoisotopic (exact) mass is 304 g/mol. The smallest absolute Gasteiger partial charge is 0.170 e. The second-order valence-electron chi connectivity index (χ2n) is 4.38. The van der Waals surface area contributed by atoms with Crippen molar-refractivity contribution in [2.45, 2.75) is 62.6 Å². The fourth-order valence-electron chi connectivity index (χ4n) is 1.70. The number of aromatic nitrogens is 2. The van der Waals surface area contributed by atoms with Crippen molar-refractivity contribution in [2.24, 2.45) is 0 Å². The highest BCUT2D eigenvalue weighted by Gasteiger charge is 2.02. The lowest BCUT2D eigenvalue weighted by atomic mass is 10.1. The third-order valence-corrected chi connectivity index (χ3v) is 5.07. The van der Waals surface area contributed by atoms with Crippen LogP contribution in [0.25, 0.3) is 0 Å². The van der Waals surface area contributed by atoms with Crippen LogP contribution in [0.3, 0.4) is 0 Å². The maximum atomic E-state index is 4.46. The normalized spacial score (nSPS) is 11.0. The van der Waals surface area contributed by atoms with Gasteiger partial charge in [0.15, 0.2) is 4.34 Å². The Hall–Kier alpha value is 0.260. The molecule has 18 heavy (non-hydrogen) atoms. The van der Waals surface area contributed by atoms with Crippen LogP contribution >= 0.6 is 35.9 Å². The SMILES string of the molecule is CCc1nsc(SCCCCCCCCCS)n1. The van der Waals surface area contributed by atoms with Gasteiger partial charge in [-0.1, -0.05) is 50.8 Å². The first-order valence-corrected chi connectivity index (χ1v) is 9.32. The topological polar surface area (TPSA) is 25.8 Å². The van der Waals surface area contributed by atoms with Crippen LogP contribution in [0.5, 0.6) is 0 Å². The van der Waals surface area contributed by atoms with E-state index < -0.39 is 0 Å². The summed E-state index contributed by atoms with van der Waals surface area (Å²) >= 11 is 7.63. The average molecular weight is 305 g/mol. The van der Waals surface area contributed by atoms with Crippen molar-refractivity contribution >= 4 is 35.9 Å². The fraction of sp³-hybridized carbons (Fsp3) is 0.846. The van der Waals surface area contributed by atoms with Gasteiger partial charge < -0.3 is 0 Å². The molecule has 0 spiro atoms. The van der Waals surface area contributed by atoms with Gasteiger partial charge in [0, 0.05) is 12.2 Å². The molecule has 0 aliphatic rings. The van der Waals surface area contributed by atoms with Crippen LogP contribution in [0.4, 0.5) is 0 Å². The van der Waals surface area contributed by atoms with Crippen LogP contribution in [0.15, 0.2) is 4.34 Å².